The van der Waals surface area contributed by atoms with Crippen molar-refractivity contribution in [1.82, 2.24) is 0 Å². The molecule has 0 heterocycles. The van der Waals surface area contributed by atoms with Crippen LogP contribution in [0.1, 0.15) is 6.92 Å². The molecule has 56 valence electrons. The predicted octanol–water partition coefficient (Wildman–Crippen LogP) is 0.455. The second-order valence-corrected chi connectivity index (χ2v) is 3.82. The third kappa shape index (κ3) is 2.29. The molecule has 0 rings (SSSR count). The van der Waals surface area contributed by atoms with E-state index in [2.05, 4.69) is 17.7 Å². The van der Waals surface area contributed by atoms with Gasteiger partial charge < -0.3 is 15.3 Å². The summed E-state index contributed by atoms with van der Waals surface area (Å²) >= 11 is 0. The highest BCUT2D eigenvalue weighted by molar-refractivity contribution is 7.79. The highest BCUT2D eigenvalue weighted by atomic mass is 31.2. The average molecular weight is 160 g/mol. The van der Waals surface area contributed by atoms with Crippen molar-refractivity contribution in [2.24, 2.45) is 0 Å². The largest absolute Gasteiger partial charge is 0.362 e. The molecule has 0 unspecified atom stereocenters. The summed E-state index contributed by atoms with van der Waals surface area (Å²) in [5, 5.41) is 0. The molecule has 4 nitrogen and oxygen atoms in total. The van der Waals surface area contributed by atoms with Crippen LogP contribution in [0.15, 0.2) is 12.2 Å². The molecular weight excluding hydrogens is 151 g/mol. The van der Waals surface area contributed by atoms with Gasteiger partial charge in [-0.2, -0.15) is 4.79 Å². The normalized spacial score (nSPS) is 10.3. The Bertz CT molecular complexity index is 246. The molecule has 0 aromatic carbocycles. The van der Waals surface area contributed by atoms with Crippen LogP contribution in [0.5, 0.6) is 0 Å². The van der Waals surface area contributed by atoms with Crippen molar-refractivity contribution >= 4 is 19.1 Å². The maximum atomic E-state index is 8.85. The highest BCUT2D eigenvalue weighted by Crippen LogP contribution is 2.37. The number of nitrogens with zero attached hydrogens (tertiary/aromatic N) is 2. The van der Waals surface area contributed by atoms with E-state index in [1.54, 1.807) is 0 Å². The van der Waals surface area contributed by atoms with E-state index in [4.69, 9.17) is 15.3 Å². The molecular formula is C5H9N2O2P. The summed E-state index contributed by atoms with van der Waals surface area (Å²) in [6, 6.07) is 0. The summed E-state index contributed by atoms with van der Waals surface area (Å²) in [4.78, 5) is 20.4. The van der Waals surface area contributed by atoms with E-state index in [0.29, 0.717) is 5.57 Å². The van der Waals surface area contributed by atoms with Crippen LogP contribution in [0.25, 0.3) is 5.53 Å². The summed E-state index contributed by atoms with van der Waals surface area (Å²) in [5.41, 5.74) is 8.30. The molecule has 0 aliphatic heterocycles. The number of allylic oxidation sites excluding steroid dienone is 1. The van der Waals surface area contributed by atoms with Gasteiger partial charge in [-0.25, -0.2) is 0 Å². The van der Waals surface area contributed by atoms with Crippen LogP contribution in [0.4, 0.5) is 0 Å². The van der Waals surface area contributed by atoms with Crippen LogP contribution >= 0.6 is 7.34 Å². The molecule has 10 heavy (non-hydrogen) atoms. The Balaban J connectivity index is 4.94. The SMILES string of the molecule is C=C(C)C(=[N+]=[N-])P(=C)(O)O. The van der Waals surface area contributed by atoms with Gasteiger partial charge in [-0.05, 0) is 13.2 Å². The molecule has 0 aromatic heterocycles. The second-order valence-electron chi connectivity index (χ2n) is 1.93. The monoisotopic (exact) mass is 160 g/mol. The first-order chi connectivity index (χ1) is 4.39. The third-order valence-corrected chi connectivity index (χ3v) is 1.97. The topological polar surface area (TPSA) is 76.9 Å². The Morgan fingerprint density at radius 2 is 2.00 bits per heavy atom. The van der Waals surface area contributed by atoms with Crippen LogP contribution in [-0.4, -0.2) is 26.3 Å². The van der Waals surface area contributed by atoms with Crippen LogP contribution < -0.4 is 0 Å². The van der Waals surface area contributed by atoms with E-state index < -0.39 is 7.34 Å². The van der Waals surface area contributed by atoms with Crippen molar-refractivity contribution in [1.29, 1.82) is 0 Å². The highest BCUT2D eigenvalue weighted by Gasteiger charge is 2.24. The van der Waals surface area contributed by atoms with E-state index in [1.165, 1.54) is 6.92 Å². The fraction of sp³-hybridized carbons (Fsp3) is 0.200. The Hall–Kier alpha value is -0.660. The fourth-order valence-corrected chi connectivity index (χ4v) is 1.22. The van der Waals surface area contributed by atoms with Crippen LogP contribution in [0.3, 0.4) is 0 Å². The van der Waals surface area contributed by atoms with Crippen molar-refractivity contribution in [2.45, 2.75) is 6.92 Å². The van der Waals surface area contributed by atoms with Crippen LogP contribution in [0.2, 0.25) is 0 Å². The van der Waals surface area contributed by atoms with Gasteiger partial charge >= 0.3 is 5.45 Å². The molecule has 0 radical (unpaired) electrons. The van der Waals surface area contributed by atoms with Gasteiger partial charge in [-0.3, -0.25) is 0 Å². The molecule has 0 aliphatic carbocycles. The molecule has 5 heteroatoms. The minimum absolute atomic E-state index is 0.229. The van der Waals surface area contributed by atoms with Gasteiger partial charge in [-0.15, -0.1) is 0 Å². The fourth-order valence-electron chi connectivity index (χ4n) is 0.463. The van der Waals surface area contributed by atoms with E-state index in [-0.39, 0.29) is 5.45 Å². The van der Waals surface area contributed by atoms with Gasteiger partial charge in [0.05, 0.1) is 0 Å². The molecule has 0 saturated heterocycles. The van der Waals surface area contributed by atoms with Crippen LogP contribution in [0, 0.1) is 0 Å². The second kappa shape index (κ2) is 2.95. The minimum Gasteiger partial charge on any atom is -0.361 e. The van der Waals surface area contributed by atoms with Gasteiger partial charge in [0.2, 0.25) is 7.34 Å². The van der Waals surface area contributed by atoms with Crippen molar-refractivity contribution < 1.29 is 14.6 Å². The molecule has 2 N–H and O–H groups in total. The lowest BCUT2D eigenvalue weighted by Crippen LogP contribution is -2.01. The summed E-state index contributed by atoms with van der Waals surface area (Å²) in [5.74, 6) is 0. The van der Waals surface area contributed by atoms with Gasteiger partial charge in [0, 0.05) is 5.57 Å². The zero-order chi connectivity index (χ0) is 8.36. The first-order valence-electron chi connectivity index (χ1n) is 2.47. The first-order valence-corrected chi connectivity index (χ1v) is 4.35. The lowest BCUT2D eigenvalue weighted by molar-refractivity contribution is -0.000875. The lowest BCUT2D eigenvalue weighted by Gasteiger charge is -2.01. The molecule has 0 atom stereocenters. The Kier molecular flexibility index (Phi) is 2.76. The van der Waals surface area contributed by atoms with E-state index in [1.807, 2.05) is 0 Å². The third-order valence-electron chi connectivity index (χ3n) is 0.816. The zero-order valence-corrected chi connectivity index (χ0v) is 6.54. The van der Waals surface area contributed by atoms with E-state index in [0.717, 1.165) is 0 Å². The van der Waals surface area contributed by atoms with Crippen molar-refractivity contribution in [2.75, 3.05) is 0 Å². The standard InChI is InChI=1S/C5H9N2O2P/c1-4(2)5(7-6)10(3,8)9/h8-9H,1,3H2,2H3. The Morgan fingerprint density at radius 1 is 1.60 bits per heavy atom. The van der Waals surface area contributed by atoms with E-state index >= 15 is 0 Å². The van der Waals surface area contributed by atoms with Gasteiger partial charge in [0.25, 0.3) is 0 Å². The summed E-state index contributed by atoms with van der Waals surface area (Å²) in [6.07, 6.45) is 3.03. The quantitative estimate of drug-likeness (QED) is 0.266. The Morgan fingerprint density at radius 3 is 2.00 bits per heavy atom. The van der Waals surface area contributed by atoms with Crippen molar-refractivity contribution in [3.8, 4) is 0 Å². The molecule has 0 bridgehead atoms. The van der Waals surface area contributed by atoms with Gasteiger partial charge in [-0.1, -0.05) is 6.58 Å². The summed E-state index contributed by atoms with van der Waals surface area (Å²) in [7, 11) is -3.43. The zero-order valence-electron chi connectivity index (χ0n) is 5.65. The molecule has 0 amide bonds. The number of rotatable bonds is 2. The summed E-state index contributed by atoms with van der Waals surface area (Å²) in [6.45, 7) is 4.87. The lowest BCUT2D eigenvalue weighted by atomic mass is 10.4. The molecule has 0 fully saturated rings. The maximum absolute atomic E-state index is 8.85. The molecule has 0 aliphatic rings. The molecule has 0 spiro atoms. The Labute approximate surface area is 59.2 Å². The summed E-state index contributed by atoms with van der Waals surface area (Å²) < 4.78 is 0. The van der Waals surface area contributed by atoms with Gasteiger partial charge in [0.1, 0.15) is 0 Å². The number of hydrogen-bond acceptors (Lipinski definition) is 2. The van der Waals surface area contributed by atoms with Crippen molar-refractivity contribution in [3.63, 3.8) is 0 Å². The van der Waals surface area contributed by atoms with Gasteiger partial charge in [0.15, 0.2) is 0 Å². The number of hydrogen-bond donors (Lipinski definition) is 2. The first kappa shape index (κ1) is 9.34. The minimum atomic E-state index is -3.43. The average Bonchev–Trinajstić information content (AvgIpc) is 1.60. The molecule has 0 saturated carbocycles. The maximum Gasteiger partial charge on any atom is 0.362 e. The smallest absolute Gasteiger partial charge is 0.361 e. The molecule has 0 aromatic rings. The predicted molar refractivity (Wildman–Crippen MR) is 41.9 cm³/mol. The van der Waals surface area contributed by atoms with Crippen LogP contribution in [-0.2, 0) is 0 Å². The van der Waals surface area contributed by atoms with E-state index in [9.17, 15) is 0 Å². The van der Waals surface area contributed by atoms with Crippen molar-refractivity contribution in [3.05, 3.63) is 17.7 Å².